The molecule has 0 saturated carbocycles. The van der Waals surface area contributed by atoms with Gasteiger partial charge in [-0.2, -0.15) is 0 Å². The lowest BCUT2D eigenvalue weighted by Crippen LogP contribution is -2.36. The zero-order valence-corrected chi connectivity index (χ0v) is 15.5. The van der Waals surface area contributed by atoms with Gasteiger partial charge in [0.2, 0.25) is 0 Å². The van der Waals surface area contributed by atoms with Crippen LogP contribution in [0.25, 0.3) is 0 Å². The van der Waals surface area contributed by atoms with Gasteiger partial charge in [-0.3, -0.25) is 4.79 Å². The van der Waals surface area contributed by atoms with Gasteiger partial charge in [-0.25, -0.2) is 0 Å². The van der Waals surface area contributed by atoms with Gasteiger partial charge in [-0.05, 0) is 48.7 Å². The number of hydrogen-bond acceptors (Lipinski definition) is 4. The van der Waals surface area contributed by atoms with Crippen molar-refractivity contribution in [1.82, 2.24) is 5.32 Å². The molecule has 1 atom stereocenters. The fourth-order valence-electron chi connectivity index (χ4n) is 2.49. The van der Waals surface area contributed by atoms with Crippen LogP contribution in [0.4, 0.5) is 5.69 Å². The monoisotopic (exact) mass is 374 g/mol. The highest BCUT2D eigenvalue weighted by atomic mass is 35.5. The molecule has 5 nitrogen and oxygen atoms in total. The molecular weight excluding hydrogens is 352 g/mol. The summed E-state index contributed by atoms with van der Waals surface area (Å²) in [5.41, 5.74) is 7.77. The number of amides is 1. The van der Waals surface area contributed by atoms with Crippen LogP contribution in [0.3, 0.4) is 0 Å². The first-order valence-electron chi connectivity index (χ1n) is 8.54. The zero-order chi connectivity index (χ0) is 18.9. The largest absolute Gasteiger partial charge is 0.492 e. The van der Waals surface area contributed by atoms with Crippen molar-refractivity contribution in [3.63, 3.8) is 0 Å². The number of rotatable bonds is 9. The van der Waals surface area contributed by atoms with Crippen LogP contribution in [0, 0.1) is 0 Å². The Bertz CT molecular complexity index is 747. The molecule has 0 unspecified atom stereocenters. The number of nitrogens with two attached hydrogens (primary N) is 1. The Morgan fingerprint density at radius 1 is 1.27 bits per heavy atom. The van der Waals surface area contributed by atoms with E-state index in [4.69, 9.17) is 22.1 Å². The summed E-state index contributed by atoms with van der Waals surface area (Å²) in [6.07, 6.45) is 2.44. The smallest absolute Gasteiger partial charge is 0.251 e. The molecule has 0 aliphatic carbocycles. The molecule has 26 heavy (non-hydrogen) atoms. The zero-order valence-electron chi connectivity index (χ0n) is 14.7. The number of nitrogens with one attached hydrogen (secondary N) is 1. The number of carbonyl (C=O) groups is 2. The van der Waals surface area contributed by atoms with Crippen LogP contribution in [-0.4, -0.2) is 24.8 Å². The molecule has 0 aromatic heterocycles. The summed E-state index contributed by atoms with van der Waals surface area (Å²) in [6.45, 7) is 2.57. The van der Waals surface area contributed by atoms with E-state index in [0.29, 0.717) is 35.1 Å². The van der Waals surface area contributed by atoms with Gasteiger partial charge < -0.3 is 20.6 Å². The third-order valence-electron chi connectivity index (χ3n) is 3.83. The minimum atomic E-state index is -0.307. The Hall–Kier alpha value is -2.53. The number of aldehydes is 1. The first-order chi connectivity index (χ1) is 12.5. The first kappa shape index (κ1) is 19.8. The quantitative estimate of drug-likeness (QED) is 0.518. The molecule has 0 radical (unpaired) electrons. The van der Waals surface area contributed by atoms with Crippen LogP contribution in [0.15, 0.2) is 42.5 Å². The van der Waals surface area contributed by atoms with Gasteiger partial charge >= 0.3 is 0 Å². The van der Waals surface area contributed by atoms with Gasteiger partial charge in [0.05, 0.1) is 11.6 Å². The molecule has 3 N–H and O–H groups in total. The summed E-state index contributed by atoms with van der Waals surface area (Å²) in [4.78, 5) is 23.5. The van der Waals surface area contributed by atoms with Crippen LogP contribution >= 0.6 is 11.6 Å². The molecule has 0 bridgehead atoms. The molecule has 0 aliphatic heterocycles. The number of ether oxygens (including phenoxy) is 1. The third kappa shape index (κ3) is 5.77. The molecular formula is C20H23ClN2O3. The van der Waals surface area contributed by atoms with Crippen LogP contribution in [0.1, 0.15) is 35.7 Å². The van der Waals surface area contributed by atoms with E-state index in [0.717, 1.165) is 18.3 Å². The molecule has 0 heterocycles. The van der Waals surface area contributed by atoms with Gasteiger partial charge in [0.1, 0.15) is 12.0 Å². The maximum Gasteiger partial charge on any atom is 0.251 e. The maximum atomic E-state index is 12.5. The number of carbonyl (C=O) groups excluding carboxylic acids is 2. The van der Waals surface area contributed by atoms with Crippen molar-refractivity contribution in [2.75, 3.05) is 12.3 Å². The van der Waals surface area contributed by atoms with E-state index in [-0.39, 0.29) is 18.4 Å². The second-order valence-corrected chi connectivity index (χ2v) is 6.42. The average Bonchev–Trinajstić information content (AvgIpc) is 2.62. The Morgan fingerprint density at radius 2 is 2.00 bits per heavy atom. The third-order valence-corrected chi connectivity index (χ3v) is 4.13. The van der Waals surface area contributed by atoms with Crippen molar-refractivity contribution in [3.8, 4) is 5.75 Å². The summed E-state index contributed by atoms with van der Waals surface area (Å²) >= 11 is 6.18. The van der Waals surface area contributed by atoms with Gasteiger partial charge in [-0.15, -0.1) is 0 Å². The van der Waals surface area contributed by atoms with Gasteiger partial charge in [0.25, 0.3) is 5.91 Å². The van der Waals surface area contributed by atoms with E-state index in [1.165, 1.54) is 0 Å². The van der Waals surface area contributed by atoms with Crippen molar-refractivity contribution in [2.24, 2.45) is 0 Å². The maximum absolute atomic E-state index is 12.5. The summed E-state index contributed by atoms with van der Waals surface area (Å²) in [5, 5.41) is 3.27. The summed E-state index contributed by atoms with van der Waals surface area (Å²) in [5.74, 6) is 0.271. The Morgan fingerprint density at radius 3 is 2.62 bits per heavy atom. The highest BCUT2D eigenvalue weighted by molar-refractivity contribution is 6.32. The van der Waals surface area contributed by atoms with E-state index in [2.05, 4.69) is 5.32 Å². The average molecular weight is 375 g/mol. The molecule has 2 aromatic rings. The second kappa shape index (κ2) is 9.82. The molecule has 6 heteroatoms. The molecule has 0 spiro atoms. The molecule has 1 amide bonds. The lowest BCUT2D eigenvalue weighted by molar-refractivity contribution is -0.108. The summed E-state index contributed by atoms with van der Waals surface area (Å²) < 4.78 is 5.51. The predicted octanol–water partition coefficient (Wildman–Crippen LogP) is 3.64. The van der Waals surface area contributed by atoms with Crippen LogP contribution in [0.5, 0.6) is 5.75 Å². The fourth-order valence-corrected chi connectivity index (χ4v) is 2.72. The van der Waals surface area contributed by atoms with Crippen molar-refractivity contribution in [3.05, 3.63) is 58.6 Å². The minimum Gasteiger partial charge on any atom is -0.492 e. The molecule has 0 saturated heterocycles. The van der Waals surface area contributed by atoms with Crippen LogP contribution in [-0.2, 0) is 11.2 Å². The van der Waals surface area contributed by atoms with Gasteiger partial charge in [0, 0.05) is 23.7 Å². The number of benzene rings is 2. The van der Waals surface area contributed by atoms with Crippen molar-refractivity contribution < 1.29 is 14.3 Å². The number of halogens is 1. The number of anilines is 1. The standard InChI is InChI=1S/C20H23ClN2O3/c1-2-11-26-19-8-5-15(13-18(19)21)20(25)23-17(9-10-24)12-14-3-6-16(22)7-4-14/h3-8,10,13,17H,2,9,11-12,22H2,1H3,(H,23,25)/t17-/m1/s1. The fraction of sp³-hybridized carbons (Fsp3) is 0.300. The molecule has 0 aliphatic rings. The highest BCUT2D eigenvalue weighted by Crippen LogP contribution is 2.25. The van der Waals surface area contributed by atoms with Crippen molar-refractivity contribution in [2.45, 2.75) is 32.2 Å². The van der Waals surface area contributed by atoms with Crippen LogP contribution < -0.4 is 15.8 Å². The first-order valence-corrected chi connectivity index (χ1v) is 8.92. The summed E-state index contributed by atoms with van der Waals surface area (Å²) in [6, 6.07) is 12.0. The van der Waals surface area contributed by atoms with Crippen molar-refractivity contribution in [1.29, 1.82) is 0 Å². The van der Waals surface area contributed by atoms with E-state index < -0.39 is 0 Å². The SMILES string of the molecule is CCCOc1ccc(C(=O)N[C@H](CC=O)Cc2ccc(N)cc2)cc1Cl. The Balaban J connectivity index is 2.05. The lowest BCUT2D eigenvalue weighted by Gasteiger charge is -2.17. The second-order valence-electron chi connectivity index (χ2n) is 6.01. The Kier molecular flexibility index (Phi) is 7.48. The van der Waals surface area contributed by atoms with E-state index in [1.54, 1.807) is 30.3 Å². The van der Waals surface area contributed by atoms with Gasteiger partial charge in [0.15, 0.2) is 0 Å². The van der Waals surface area contributed by atoms with Gasteiger partial charge in [-0.1, -0.05) is 30.7 Å². The van der Waals surface area contributed by atoms with E-state index >= 15 is 0 Å². The molecule has 0 fully saturated rings. The lowest BCUT2D eigenvalue weighted by atomic mass is 10.0. The van der Waals surface area contributed by atoms with Crippen molar-refractivity contribution >= 4 is 29.5 Å². The highest BCUT2D eigenvalue weighted by Gasteiger charge is 2.15. The minimum absolute atomic E-state index is 0.224. The number of nitrogen functional groups attached to an aromatic ring is 1. The number of hydrogen-bond donors (Lipinski definition) is 2. The summed E-state index contributed by atoms with van der Waals surface area (Å²) in [7, 11) is 0. The topological polar surface area (TPSA) is 81.4 Å². The normalized spacial score (nSPS) is 11.6. The molecule has 2 aromatic carbocycles. The predicted molar refractivity (Wildman–Crippen MR) is 104 cm³/mol. The Labute approximate surface area is 158 Å². The van der Waals surface area contributed by atoms with E-state index in [1.807, 2.05) is 19.1 Å². The molecule has 2 rings (SSSR count). The molecule has 138 valence electrons. The van der Waals surface area contributed by atoms with E-state index in [9.17, 15) is 9.59 Å². The van der Waals surface area contributed by atoms with Crippen LogP contribution in [0.2, 0.25) is 5.02 Å².